The molecule has 3 aliphatic heterocycles. The molecule has 87 heavy (non-hydrogen) atoms. The molecule has 0 saturated heterocycles. The van der Waals surface area contributed by atoms with Crippen LogP contribution in [0.1, 0.15) is 132 Å². The molecule has 3 heterocycles. The SMILES string of the molecule is Cc1ccc(S(=O)(=O)CCCN)cc1C.Cc1ccc(S(=O)(=O)CCCN2C(=O)c3ccccc3C2=O)cc1C.Cc1ccc(S)cc1C.Cc1ccc(SCCCN2C(=O)c3ccccc3C2=O)cc1C.O=C1c2ccccc2C(=O)N1CCCBr. The van der Waals surface area contributed by atoms with Crippen LogP contribution in [0, 0.1) is 55.4 Å². The Balaban J connectivity index is 0.000000180. The molecule has 0 fully saturated rings. The Morgan fingerprint density at radius 3 is 1.06 bits per heavy atom. The second kappa shape index (κ2) is 31.8. The van der Waals surface area contributed by atoms with Gasteiger partial charge in [-0.25, -0.2) is 16.8 Å². The zero-order valence-corrected chi connectivity index (χ0v) is 55.3. The van der Waals surface area contributed by atoms with Crippen molar-refractivity contribution in [1.82, 2.24) is 14.7 Å². The van der Waals surface area contributed by atoms with Gasteiger partial charge in [0.15, 0.2) is 19.7 Å². The summed E-state index contributed by atoms with van der Waals surface area (Å²) in [5, 5.41) is 0.792. The Kier molecular flexibility index (Phi) is 25.2. The van der Waals surface area contributed by atoms with E-state index in [9.17, 15) is 45.6 Å². The Morgan fingerprint density at radius 2 is 0.724 bits per heavy atom. The molecular weight excluding hydrogens is 1240 g/mol. The van der Waals surface area contributed by atoms with E-state index in [2.05, 4.69) is 86.6 Å². The number of thiol groups is 1. The van der Waals surface area contributed by atoms with Crippen LogP contribution >= 0.6 is 40.3 Å². The van der Waals surface area contributed by atoms with Gasteiger partial charge in [-0.1, -0.05) is 76.6 Å². The van der Waals surface area contributed by atoms with Crippen molar-refractivity contribution in [2.45, 2.75) is 101 Å². The summed E-state index contributed by atoms with van der Waals surface area (Å²) in [5.41, 5.74) is 17.4. The van der Waals surface area contributed by atoms with Gasteiger partial charge in [0.1, 0.15) is 0 Å². The van der Waals surface area contributed by atoms with Crippen molar-refractivity contribution in [1.29, 1.82) is 0 Å². The number of halogens is 1. The predicted octanol–water partition coefficient (Wildman–Crippen LogP) is 12.9. The van der Waals surface area contributed by atoms with Gasteiger partial charge in [0.2, 0.25) is 0 Å². The number of sulfone groups is 2. The van der Waals surface area contributed by atoms with Crippen LogP contribution in [0.15, 0.2) is 165 Å². The Hall–Kier alpha value is -7.00. The highest BCUT2D eigenvalue weighted by molar-refractivity contribution is 9.09. The van der Waals surface area contributed by atoms with Crippen LogP contribution in [-0.4, -0.2) is 116 Å². The first-order valence-corrected chi connectivity index (χ1v) is 34.4. The third-order valence-corrected chi connectivity index (χ3v) is 20.5. The van der Waals surface area contributed by atoms with Crippen LogP contribution < -0.4 is 5.73 Å². The van der Waals surface area contributed by atoms with Crippen molar-refractivity contribution in [3.05, 3.63) is 223 Å². The van der Waals surface area contributed by atoms with E-state index < -0.39 is 19.7 Å². The fraction of sp³-hybridized carbons (Fsp3) is 0.294. The van der Waals surface area contributed by atoms with Crippen LogP contribution in [0.3, 0.4) is 0 Å². The molecule has 0 aromatic heterocycles. The van der Waals surface area contributed by atoms with Gasteiger partial charge in [-0.2, -0.15) is 0 Å². The fourth-order valence-electron chi connectivity index (χ4n) is 9.22. The summed E-state index contributed by atoms with van der Waals surface area (Å²) in [6.07, 6.45) is 2.30. The monoisotopic (exact) mass is 1310 g/mol. The molecule has 7 aromatic carbocycles. The number of imide groups is 3. The van der Waals surface area contributed by atoms with Crippen LogP contribution in [0.2, 0.25) is 0 Å². The second-order valence-electron chi connectivity index (χ2n) is 21.3. The number of carbonyl (C=O) groups is 6. The molecule has 458 valence electrons. The van der Waals surface area contributed by atoms with Gasteiger partial charge in [0.25, 0.3) is 35.4 Å². The number of alkyl halides is 1. The van der Waals surface area contributed by atoms with Gasteiger partial charge < -0.3 is 5.73 Å². The first kappa shape index (κ1) is 69.1. The molecule has 0 bridgehead atoms. The van der Waals surface area contributed by atoms with Crippen LogP contribution in [-0.2, 0) is 19.7 Å². The lowest BCUT2D eigenvalue weighted by Crippen LogP contribution is -2.31. The minimum Gasteiger partial charge on any atom is -0.330 e. The van der Waals surface area contributed by atoms with Crippen LogP contribution in [0.4, 0.5) is 0 Å². The highest BCUT2D eigenvalue weighted by Crippen LogP contribution is 2.28. The third-order valence-electron chi connectivity index (χ3n) is 15.0. The fourth-order valence-corrected chi connectivity index (χ4v) is 13.5. The molecule has 0 spiro atoms. The average molecular weight is 1320 g/mol. The highest BCUT2D eigenvalue weighted by Gasteiger charge is 2.37. The zero-order valence-electron chi connectivity index (χ0n) is 50.4. The molecule has 0 aliphatic carbocycles. The number of thioether (sulfide) groups is 1. The van der Waals surface area contributed by atoms with E-state index >= 15 is 0 Å². The Bertz CT molecular complexity index is 3820. The molecule has 10 rings (SSSR count). The first-order valence-electron chi connectivity index (χ1n) is 28.5. The summed E-state index contributed by atoms with van der Waals surface area (Å²) in [7, 11) is -6.58. The maximum Gasteiger partial charge on any atom is 0.261 e. The number of rotatable bonds is 17. The normalized spacial score (nSPS) is 13.2. The quantitative estimate of drug-likeness (QED) is 0.0287. The number of carbonyl (C=O) groups excluding carboxylic acids is 6. The van der Waals surface area contributed by atoms with Crippen molar-refractivity contribution in [2.24, 2.45) is 5.73 Å². The van der Waals surface area contributed by atoms with Crippen molar-refractivity contribution in [3.63, 3.8) is 0 Å². The van der Waals surface area contributed by atoms with Crippen molar-refractivity contribution in [3.8, 4) is 0 Å². The van der Waals surface area contributed by atoms with Gasteiger partial charge in [-0.15, -0.1) is 24.4 Å². The molecule has 0 atom stereocenters. The lowest BCUT2D eigenvalue weighted by atomic mass is 10.1. The van der Waals surface area contributed by atoms with E-state index in [1.807, 2.05) is 39.8 Å². The molecule has 6 amide bonds. The number of hydrogen-bond acceptors (Lipinski definition) is 13. The van der Waals surface area contributed by atoms with E-state index in [1.54, 1.807) is 115 Å². The smallest absolute Gasteiger partial charge is 0.261 e. The largest absolute Gasteiger partial charge is 0.330 e. The molecule has 3 aliphatic rings. The lowest BCUT2D eigenvalue weighted by Gasteiger charge is -2.14. The number of benzene rings is 7. The van der Waals surface area contributed by atoms with E-state index in [-0.39, 0.29) is 64.8 Å². The molecule has 14 nitrogen and oxygen atoms in total. The lowest BCUT2D eigenvalue weighted by molar-refractivity contribution is 0.0639. The maximum absolute atomic E-state index is 12.5. The average Bonchev–Trinajstić information content (AvgIpc) is 2.21. The molecule has 2 N–H and O–H groups in total. The van der Waals surface area contributed by atoms with Gasteiger partial charge in [-0.05, 0) is 223 Å². The summed E-state index contributed by atoms with van der Waals surface area (Å²) < 4.78 is 48.5. The number of fused-ring (bicyclic) bond motifs is 3. The highest BCUT2D eigenvalue weighted by atomic mass is 79.9. The zero-order chi connectivity index (χ0) is 63.8. The Labute approximate surface area is 530 Å². The summed E-state index contributed by atoms with van der Waals surface area (Å²) in [4.78, 5) is 79.4. The third kappa shape index (κ3) is 18.1. The standard InChI is InChI=1S/C19H19NO4S.C19H19NO2S.C11H10BrNO2.C11H17NO2S.C8H10S/c1-13-8-9-15(12-14(13)2)25(23,24)11-5-10-20-18(21)16-6-3-4-7-17(16)19(20)22;1-13-8-9-15(12-14(13)2)23-11-5-10-20-18(21)16-6-3-4-7-17(16)19(20)22;12-6-3-7-13-10(14)8-4-1-2-5-9(8)11(13)15;1-9-4-5-11(8-10(9)2)15(13,14)7-3-6-12;1-6-3-4-8(9)5-7(6)2/h3-4,6-9,12H,5,10-11H2,1-2H3;3-4,6-9,12H,5,10-11H2,1-2H3;1-2,4-5H,3,6-7H2;4-5,8H,3,6-7,12H2,1-2H3;3-5,9H,1-2H3. The first-order chi connectivity index (χ1) is 41.3. The Morgan fingerprint density at radius 1 is 0.402 bits per heavy atom. The number of nitrogens with zero attached hydrogens (tertiary/aromatic N) is 3. The van der Waals surface area contributed by atoms with Gasteiger partial charge >= 0.3 is 0 Å². The maximum atomic E-state index is 12.5. The topological polar surface area (TPSA) is 206 Å². The molecular formula is C68H75BrN4O10S4. The summed E-state index contributed by atoms with van der Waals surface area (Å²) >= 11 is 9.25. The summed E-state index contributed by atoms with van der Waals surface area (Å²) in [6, 6.07) is 43.5. The minimum absolute atomic E-state index is 0.0937. The van der Waals surface area contributed by atoms with Crippen LogP contribution in [0.5, 0.6) is 0 Å². The molecule has 0 radical (unpaired) electrons. The number of hydrogen-bond donors (Lipinski definition) is 2. The predicted molar refractivity (Wildman–Crippen MR) is 352 cm³/mol. The van der Waals surface area contributed by atoms with E-state index in [4.69, 9.17) is 5.73 Å². The summed E-state index contributed by atoms with van der Waals surface area (Å²) in [6.45, 7) is 17.5. The van der Waals surface area contributed by atoms with Crippen molar-refractivity contribution < 1.29 is 45.6 Å². The molecule has 0 unspecified atom stereocenters. The second-order valence-corrected chi connectivity index (χ2v) is 28.0. The number of nitrogens with two attached hydrogens (primary N) is 1. The molecule has 19 heteroatoms. The van der Waals surface area contributed by atoms with Crippen molar-refractivity contribution >= 4 is 95.4 Å². The summed E-state index contributed by atoms with van der Waals surface area (Å²) in [5.74, 6) is -0.477. The number of amides is 6. The number of aryl methyl sites for hydroxylation is 8. The van der Waals surface area contributed by atoms with Crippen LogP contribution in [0.25, 0.3) is 0 Å². The molecule has 7 aromatic rings. The van der Waals surface area contributed by atoms with E-state index in [0.29, 0.717) is 64.3 Å². The minimum atomic E-state index is -3.44. The van der Waals surface area contributed by atoms with E-state index in [1.165, 1.54) is 36.9 Å². The van der Waals surface area contributed by atoms with Gasteiger partial charge in [0.05, 0.1) is 54.7 Å². The van der Waals surface area contributed by atoms with Gasteiger partial charge in [-0.3, -0.25) is 43.5 Å². The molecule has 0 saturated carbocycles. The van der Waals surface area contributed by atoms with Gasteiger partial charge in [0, 0.05) is 34.8 Å². The van der Waals surface area contributed by atoms with Crippen molar-refractivity contribution in [2.75, 3.05) is 48.8 Å². The van der Waals surface area contributed by atoms with E-state index in [0.717, 1.165) is 56.0 Å².